The Bertz CT molecular complexity index is 609. The maximum Gasteiger partial charge on any atom is 0.279 e. The lowest BCUT2D eigenvalue weighted by Gasteiger charge is -2.01. The van der Waals surface area contributed by atoms with Crippen molar-refractivity contribution in [3.8, 4) is 0 Å². The number of nitrogens with zero attached hydrogens (tertiary/aromatic N) is 2. The molecular weight excluding hydrogens is 236 g/mol. The summed E-state index contributed by atoms with van der Waals surface area (Å²) >= 11 is 0. The fourth-order valence-electron chi connectivity index (χ4n) is 1.42. The van der Waals surface area contributed by atoms with Crippen molar-refractivity contribution in [2.75, 3.05) is 11.1 Å². The molecule has 0 atom stereocenters. The van der Waals surface area contributed by atoms with Crippen molar-refractivity contribution in [1.29, 1.82) is 0 Å². The molecule has 5 N–H and O–H groups in total. The number of hydrogen-bond donors (Lipinski definition) is 4. The molecule has 94 valence electrons. The molecular formula is C10H12N6O2. The Kier molecular flexibility index (Phi) is 3.09. The number of hydrogen-bond acceptors (Lipinski definition) is 5. The molecule has 0 aromatic carbocycles. The van der Waals surface area contributed by atoms with E-state index in [0.717, 1.165) is 0 Å². The molecule has 2 aromatic heterocycles. The average molecular weight is 248 g/mol. The van der Waals surface area contributed by atoms with E-state index in [9.17, 15) is 9.59 Å². The molecule has 0 aliphatic rings. The number of H-pyrrole nitrogens is 2. The molecule has 0 aliphatic heterocycles. The maximum atomic E-state index is 11.8. The highest BCUT2D eigenvalue weighted by Gasteiger charge is 2.16. The molecule has 0 aliphatic carbocycles. The van der Waals surface area contributed by atoms with E-state index in [1.165, 1.54) is 12.1 Å². The summed E-state index contributed by atoms with van der Waals surface area (Å²) < 4.78 is 0. The van der Waals surface area contributed by atoms with E-state index in [4.69, 9.17) is 5.73 Å². The molecule has 0 spiro atoms. The minimum atomic E-state index is -0.483. The molecule has 0 unspecified atom stereocenters. The van der Waals surface area contributed by atoms with E-state index in [1.54, 1.807) is 0 Å². The van der Waals surface area contributed by atoms with Gasteiger partial charge in [0.2, 0.25) is 0 Å². The van der Waals surface area contributed by atoms with Crippen molar-refractivity contribution >= 4 is 17.4 Å². The normalized spacial score (nSPS) is 10.3. The molecule has 8 heteroatoms. The Morgan fingerprint density at radius 3 is 2.72 bits per heavy atom. The fraction of sp³-hybridized carbons (Fsp3) is 0.200. The van der Waals surface area contributed by atoms with Gasteiger partial charge in [-0.15, -0.1) is 0 Å². The first-order chi connectivity index (χ1) is 8.61. The Morgan fingerprint density at radius 2 is 2.17 bits per heavy atom. The third-order valence-corrected chi connectivity index (χ3v) is 2.37. The average Bonchev–Trinajstić information content (AvgIpc) is 2.73. The third kappa shape index (κ3) is 2.21. The third-order valence-electron chi connectivity index (χ3n) is 2.37. The minimum absolute atomic E-state index is 0.111. The second-order valence-electron chi connectivity index (χ2n) is 3.58. The molecule has 0 saturated carbocycles. The van der Waals surface area contributed by atoms with Gasteiger partial charge in [-0.05, 0) is 12.5 Å². The number of nitrogens with one attached hydrogen (secondary N) is 3. The largest absolute Gasteiger partial charge is 0.395 e. The van der Waals surface area contributed by atoms with E-state index < -0.39 is 5.91 Å². The van der Waals surface area contributed by atoms with Crippen LogP contribution in [0.25, 0.3) is 0 Å². The van der Waals surface area contributed by atoms with E-state index in [2.05, 4.69) is 25.7 Å². The highest BCUT2D eigenvalue weighted by molar-refractivity contribution is 6.06. The molecule has 1 amide bonds. The first-order valence-electron chi connectivity index (χ1n) is 5.31. The number of anilines is 2. The summed E-state index contributed by atoms with van der Waals surface area (Å²) in [6.45, 7) is 1.90. The van der Waals surface area contributed by atoms with Crippen molar-refractivity contribution in [2.24, 2.45) is 0 Å². The van der Waals surface area contributed by atoms with Crippen LogP contribution >= 0.6 is 0 Å². The lowest BCUT2D eigenvalue weighted by molar-refractivity contribution is 0.102. The highest BCUT2D eigenvalue weighted by Crippen LogP contribution is 2.15. The predicted octanol–water partition coefficient (Wildman–Crippen LogP) is -0.110. The van der Waals surface area contributed by atoms with Crippen LogP contribution in [-0.4, -0.2) is 26.3 Å². The van der Waals surface area contributed by atoms with Gasteiger partial charge in [0.15, 0.2) is 11.5 Å². The summed E-state index contributed by atoms with van der Waals surface area (Å²) in [5, 5.41) is 14.9. The number of rotatable bonds is 3. The number of aromatic amines is 2. The lowest BCUT2D eigenvalue weighted by Crippen LogP contribution is -2.17. The van der Waals surface area contributed by atoms with E-state index in [-0.39, 0.29) is 17.1 Å². The van der Waals surface area contributed by atoms with E-state index >= 15 is 0 Å². The van der Waals surface area contributed by atoms with Crippen molar-refractivity contribution in [1.82, 2.24) is 20.4 Å². The van der Waals surface area contributed by atoms with E-state index in [0.29, 0.717) is 17.8 Å². The van der Waals surface area contributed by atoms with Crippen LogP contribution < -0.4 is 16.6 Å². The summed E-state index contributed by atoms with van der Waals surface area (Å²) in [7, 11) is 0. The Morgan fingerprint density at radius 1 is 1.39 bits per heavy atom. The van der Waals surface area contributed by atoms with Crippen LogP contribution in [0.4, 0.5) is 11.5 Å². The summed E-state index contributed by atoms with van der Waals surface area (Å²) in [5.41, 5.74) is 6.55. The summed E-state index contributed by atoms with van der Waals surface area (Å²) in [5.74, 6) is -0.261. The standard InChI is InChI=1S/C10H12N6O2/c1-2-5-8(11)9(16-13-5)10(18)12-6-3-4-7(17)15-14-6/h3-4H,2,11H2,1H3,(H,13,16)(H,15,17)(H,12,14,18). The quantitative estimate of drug-likeness (QED) is 0.602. The summed E-state index contributed by atoms with van der Waals surface area (Å²) in [4.78, 5) is 22.6. The fourth-order valence-corrected chi connectivity index (χ4v) is 1.42. The maximum absolute atomic E-state index is 11.8. The van der Waals surface area contributed by atoms with Gasteiger partial charge in [-0.25, -0.2) is 5.10 Å². The first kappa shape index (κ1) is 11.8. The summed E-state index contributed by atoms with van der Waals surface area (Å²) in [6.07, 6.45) is 0.656. The Balaban J connectivity index is 2.19. The molecule has 2 heterocycles. The van der Waals surface area contributed by atoms with Gasteiger partial charge in [0.1, 0.15) is 0 Å². The van der Waals surface area contributed by atoms with E-state index in [1.807, 2.05) is 6.92 Å². The zero-order valence-corrected chi connectivity index (χ0v) is 9.65. The van der Waals surface area contributed by atoms with Gasteiger partial charge in [0.05, 0.1) is 11.4 Å². The second kappa shape index (κ2) is 4.70. The van der Waals surface area contributed by atoms with Crippen molar-refractivity contribution in [2.45, 2.75) is 13.3 Å². The van der Waals surface area contributed by atoms with Crippen LogP contribution in [0.5, 0.6) is 0 Å². The van der Waals surface area contributed by atoms with Gasteiger partial charge < -0.3 is 11.1 Å². The van der Waals surface area contributed by atoms with Gasteiger partial charge in [-0.2, -0.15) is 10.2 Å². The number of aryl methyl sites for hydroxylation is 1. The monoisotopic (exact) mass is 248 g/mol. The SMILES string of the molecule is CCc1[nH]nc(C(=O)Nc2ccc(=O)[nH]n2)c1N. The van der Waals surface area contributed by atoms with Crippen LogP contribution in [0.1, 0.15) is 23.1 Å². The number of carbonyl (C=O) groups excluding carboxylic acids is 1. The first-order valence-corrected chi connectivity index (χ1v) is 5.31. The van der Waals surface area contributed by atoms with Crippen LogP contribution in [0.2, 0.25) is 0 Å². The van der Waals surface area contributed by atoms with Gasteiger partial charge in [-0.1, -0.05) is 6.92 Å². The van der Waals surface area contributed by atoms with Gasteiger partial charge >= 0.3 is 0 Å². The molecule has 18 heavy (non-hydrogen) atoms. The highest BCUT2D eigenvalue weighted by atomic mass is 16.2. The molecule has 2 rings (SSSR count). The molecule has 0 bridgehead atoms. The van der Waals surface area contributed by atoms with Crippen molar-refractivity contribution < 1.29 is 4.79 Å². The van der Waals surface area contributed by atoms with Gasteiger partial charge in [0, 0.05) is 6.07 Å². The minimum Gasteiger partial charge on any atom is -0.395 e. The molecule has 0 saturated heterocycles. The van der Waals surface area contributed by atoms with Crippen molar-refractivity contribution in [3.05, 3.63) is 33.9 Å². The van der Waals surface area contributed by atoms with Gasteiger partial charge in [0.25, 0.3) is 11.5 Å². The zero-order chi connectivity index (χ0) is 13.1. The number of amides is 1. The Hall–Kier alpha value is -2.64. The lowest BCUT2D eigenvalue weighted by atomic mass is 10.2. The predicted molar refractivity (Wildman–Crippen MR) is 65.2 cm³/mol. The van der Waals surface area contributed by atoms with Crippen LogP contribution in [0.15, 0.2) is 16.9 Å². The smallest absolute Gasteiger partial charge is 0.279 e. The number of aromatic nitrogens is 4. The molecule has 0 radical (unpaired) electrons. The molecule has 8 nitrogen and oxygen atoms in total. The van der Waals surface area contributed by atoms with Crippen LogP contribution in [-0.2, 0) is 6.42 Å². The molecule has 0 fully saturated rings. The number of carbonyl (C=O) groups is 1. The summed E-state index contributed by atoms with van der Waals surface area (Å²) in [6, 6.07) is 2.65. The topological polar surface area (TPSA) is 130 Å². The number of nitrogens with two attached hydrogens (primary N) is 1. The van der Waals surface area contributed by atoms with Crippen LogP contribution in [0.3, 0.4) is 0 Å². The Labute approximate surface area is 102 Å². The molecule has 2 aromatic rings. The zero-order valence-electron chi connectivity index (χ0n) is 9.65. The number of nitrogen functional groups attached to an aromatic ring is 1. The van der Waals surface area contributed by atoms with Gasteiger partial charge in [-0.3, -0.25) is 14.7 Å². The van der Waals surface area contributed by atoms with Crippen molar-refractivity contribution in [3.63, 3.8) is 0 Å². The second-order valence-corrected chi connectivity index (χ2v) is 3.58. The van der Waals surface area contributed by atoms with Crippen LogP contribution in [0, 0.1) is 0 Å².